The number of aliphatic hydroxyl groups is 2. The molecule has 0 atom stereocenters. The van der Waals surface area contributed by atoms with Crippen molar-refractivity contribution >= 4 is 11.8 Å². The lowest BCUT2D eigenvalue weighted by Gasteiger charge is -2.30. The van der Waals surface area contributed by atoms with Crippen LogP contribution in [0.1, 0.15) is 13.3 Å². The number of nitrogens with zero attached hydrogens (tertiary/aromatic N) is 2. The summed E-state index contributed by atoms with van der Waals surface area (Å²) in [6.07, 6.45) is 1.34. The second-order valence-corrected chi connectivity index (χ2v) is 3.50. The summed E-state index contributed by atoms with van der Waals surface area (Å²) in [7, 11) is 0. The van der Waals surface area contributed by atoms with Gasteiger partial charge in [-0.15, -0.1) is 0 Å². The number of anilines is 2. The van der Waals surface area contributed by atoms with Crippen molar-refractivity contribution in [3.8, 4) is 0 Å². The number of hydrogen-bond acceptors (Lipinski definition) is 6. The first-order chi connectivity index (χ1) is 7.56. The Morgan fingerprint density at radius 2 is 2.12 bits per heavy atom. The van der Waals surface area contributed by atoms with Crippen LogP contribution in [0.5, 0.6) is 0 Å². The molecule has 1 rings (SSSR count). The van der Waals surface area contributed by atoms with Crippen molar-refractivity contribution in [3.63, 3.8) is 0 Å². The van der Waals surface area contributed by atoms with E-state index in [9.17, 15) is 14.6 Å². The minimum absolute atomic E-state index is 0.0789. The van der Waals surface area contributed by atoms with Gasteiger partial charge in [0.2, 0.25) is 5.95 Å². The van der Waals surface area contributed by atoms with Gasteiger partial charge in [0.25, 0.3) is 0 Å². The van der Waals surface area contributed by atoms with Crippen LogP contribution in [0.4, 0.5) is 16.2 Å². The molecule has 1 heterocycles. The van der Waals surface area contributed by atoms with E-state index in [1.165, 1.54) is 0 Å². The summed E-state index contributed by atoms with van der Waals surface area (Å²) >= 11 is 0. The Bertz CT molecular complexity index is 349. The smallest absolute Gasteiger partial charge is 0.222 e. The van der Waals surface area contributed by atoms with Gasteiger partial charge in [0.05, 0.1) is 24.9 Å². The van der Waals surface area contributed by atoms with E-state index < -0.39 is 11.4 Å². The van der Waals surface area contributed by atoms with Crippen LogP contribution >= 0.6 is 0 Å². The Morgan fingerprint density at radius 3 is 2.62 bits per heavy atom. The van der Waals surface area contributed by atoms with E-state index in [2.05, 4.69) is 15.3 Å². The molecular formula is C9H15FN4O2. The molecule has 1 aromatic heterocycles. The minimum Gasteiger partial charge on any atom is -0.394 e. The average molecular weight is 230 g/mol. The molecule has 0 aromatic carbocycles. The zero-order valence-electron chi connectivity index (χ0n) is 8.94. The molecule has 0 unspecified atom stereocenters. The summed E-state index contributed by atoms with van der Waals surface area (Å²) in [5.41, 5.74) is 4.30. The molecule has 7 heteroatoms. The maximum atomic E-state index is 13.3. The minimum atomic E-state index is -1.01. The van der Waals surface area contributed by atoms with Gasteiger partial charge in [0, 0.05) is 0 Å². The molecule has 0 aliphatic carbocycles. The van der Waals surface area contributed by atoms with E-state index in [0.717, 1.165) is 6.20 Å². The van der Waals surface area contributed by atoms with Gasteiger partial charge < -0.3 is 21.3 Å². The molecule has 90 valence electrons. The van der Waals surface area contributed by atoms with Crippen molar-refractivity contribution in [2.24, 2.45) is 0 Å². The Kier molecular flexibility index (Phi) is 3.97. The predicted molar refractivity (Wildman–Crippen MR) is 57.2 cm³/mol. The molecule has 1 aromatic rings. The van der Waals surface area contributed by atoms with Gasteiger partial charge in [-0.05, 0) is 6.42 Å². The third-order valence-corrected chi connectivity index (χ3v) is 2.43. The van der Waals surface area contributed by atoms with Crippen LogP contribution in [-0.4, -0.2) is 38.9 Å². The normalized spacial score (nSPS) is 11.5. The summed E-state index contributed by atoms with van der Waals surface area (Å²) in [6, 6.07) is 0. The average Bonchev–Trinajstić information content (AvgIpc) is 2.31. The number of aromatic nitrogens is 2. The van der Waals surface area contributed by atoms with Gasteiger partial charge in [-0.2, -0.15) is 4.98 Å². The van der Waals surface area contributed by atoms with Crippen molar-refractivity contribution in [1.29, 1.82) is 0 Å². The number of halogens is 1. The second-order valence-electron chi connectivity index (χ2n) is 3.50. The summed E-state index contributed by atoms with van der Waals surface area (Å²) in [5, 5.41) is 21.0. The molecular weight excluding hydrogens is 215 g/mol. The van der Waals surface area contributed by atoms with Crippen LogP contribution in [0.3, 0.4) is 0 Å². The third kappa shape index (κ3) is 2.56. The molecule has 0 spiro atoms. The first-order valence-electron chi connectivity index (χ1n) is 4.85. The highest BCUT2D eigenvalue weighted by molar-refractivity contribution is 5.42. The van der Waals surface area contributed by atoms with E-state index in [1.807, 2.05) is 0 Å². The number of rotatable bonds is 5. The molecule has 0 aliphatic heterocycles. The topological polar surface area (TPSA) is 104 Å². The maximum absolute atomic E-state index is 13.3. The van der Waals surface area contributed by atoms with Crippen LogP contribution in [-0.2, 0) is 0 Å². The van der Waals surface area contributed by atoms with E-state index in [4.69, 9.17) is 5.73 Å². The number of nitrogen functional groups attached to an aromatic ring is 1. The summed E-state index contributed by atoms with van der Waals surface area (Å²) in [6.45, 7) is 1.06. The lowest BCUT2D eigenvalue weighted by molar-refractivity contribution is 0.132. The number of hydrogen-bond donors (Lipinski definition) is 4. The van der Waals surface area contributed by atoms with Gasteiger partial charge in [-0.1, -0.05) is 6.92 Å². The fraction of sp³-hybridized carbons (Fsp3) is 0.556. The molecule has 0 saturated carbocycles. The van der Waals surface area contributed by atoms with Gasteiger partial charge in [0.1, 0.15) is 0 Å². The lowest BCUT2D eigenvalue weighted by atomic mass is 9.98. The Labute approximate surface area is 92.3 Å². The van der Waals surface area contributed by atoms with Gasteiger partial charge in [-0.3, -0.25) is 0 Å². The van der Waals surface area contributed by atoms with Crippen molar-refractivity contribution in [3.05, 3.63) is 12.0 Å². The first kappa shape index (κ1) is 12.6. The quantitative estimate of drug-likeness (QED) is 0.555. The summed E-state index contributed by atoms with van der Waals surface area (Å²) in [5.74, 6) is -0.892. The van der Waals surface area contributed by atoms with Crippen molar-refractivity contribution in [2.75, 3.05) is 24.3 Å². The summed E-state index contributed by atoms with van der Waals surface area (Å²) < 4.78 is 13.3. The third-order valence-electron chi connectivity index (χ3n) is 2.43. The molecule has 0 radical (unpaired) electrons. The van der Waals surface area contributed by atoms with E-state index in [1.54, 1.807) is 6.92 Å². The number of aliphatic hydroxyl groups excluding tert-OH is 2. The Morgan fingerprint density at radius 1 is 1.50 bits per heavy atom. The van der Waals surface area contributed by atoms with Crippen LogP contribution in [0, 0.1) is 5.82 Å². The van der Waals surface area contributed by atoms with Crippen molar-refractivity contribution in [2.45, 2.75) is 18.9 Å². The fourth-order valence-corrected chi connectivity index (χ4v) is 1.16. The summed E-state index contributed by atoms with van der Waals surface area (Å²) in [4.78, 5) is 7.13. The van der Waals surface area contributed by atoms with Gasteiger partial charge >= 0.3 is 0 Å². The molecule has 0 amide bonds. The molecule has 0 aliphatic rings. The molecule has 0 bridgehead atoms. The maximum Gasteiger partial charge on any atom is 0.222 e. The van der Waals surface area contributed by atoms with E-state index >= 15 is 0 Å². The molecule has 5 N–H and O–H groups in total. The number of nitrogens with one attached hydrogen (secondary N) is 1. The molecule has 0 saturated heterocycles. The van der Waals surface area contributed by atoms with E-state index in [0.29, 0.717) is 6.42 Å². The Hall–Kier alpha value is -1.47. The standard InChI is InChI=1S/C9H15FN4O2/c1-2-9(4-15,5-16)14-7-6(10)3-12-8(11)13-7/h3,15-16H,2,4-5H2,1H3,(H3,11,12,13,14). The highest BCUT2D eigenvalue weighted by Crippen LogP contribution is 2.19. The van der Waals surface area contributed by atoms with Crippen molar-refractivity contribution in [1.82, 2.24) is 9.97 Å². The fourth-order valence-electron chi connectivity index (χ4n) is 1.16. The van der Waals surface area contributed by atoms with Crippen molar-refractivity contribution < 1.29 is 14.6 Å². The highest BCUT2D eigenvalue weighted by Gasteiger charge is 2.28. The van der Waals surface area contributed by atoms with Crippen LogP contribution in [0.2, 0.25) is 0 Å². The Balaban J connectivity index is 2.97. The zero-order chi connectivity index (χ0) is 12.2. The molecule has 6 nitrogen and oxygen atoms in total. The largest absolute Gasteiger partial charge is 0.394 e. The lowest BCUT2D eigenvalue weighted by Crippen LogP contribution is -2.45. The highest BCUT2D eigenvalue weighted by atomic mass is 19.1. The van der Waals surface area contributed by atoms with Crippen LogP contribution < -0.4 is 11.1 Å². The molecule has 0 fully saturated rings. The number of nitrogens with two attached hydrogens (primary N) is 1. The first-order valence-corrected chi connectivity index (χ1v) is 4.85. The van der Waals surface area contributed by atoms with Gasteiger partial charge in [-0.25, -0.2) is 9.37 Å². The monoisotopic (exact) mass is 230 g/mol. The predicted octanol–water partition coefficient (Wildman–Crippen LogP) is -0.257. The van der Waals surface area contributed by atoms with Gasteiger partial charge in [0.15, 0.2) is 11.6 Å². The van der Waals surface area contributed by atoms with Crippen LogP contribution in [0.25, 0.3) is 0 Å². The zero-order valence-corrected chi connectivity index (χ0v) is 8.94. The molecule has 16 heavy (non-hydrogen) atoms. The SMILES string of the molecule is CCC(CO)(CO)Nc1nc(N)ncc1F. The second kappa shape index (κ2) is 5.04. The van der Waals surface area contributed by atoms with E-state index in [-0.39, 0.29) is 25.0 Å². The van der Waals surface area contributed by atoms with Crippen LogP contribution in [0.15, 0.2) is 6.20 Å².